The Kier molecular flexibility index (Phi) is 13.5. The summed E-state index contributed by atoms with van der Waals surface area (Å²) in [6.45, 7) is 14.8. The maximum Gasteiger partial charge on any atom is 0.191 e. The minimum absolute atomic E-state index is 0. The van der Waals surface area contributed by atoms with Crippen molar-refractivity contribution in [3.63, 3.8) is 0 Å². The lowest BCUT2D eigenvalue weighted by Gasteiger charge is -2.29. The minimum atomic E-state index is 0. The molecular weight excluding hydrogens is 429 g/mol. The number of nitrogens with zero attached hydrogens (tertiary/aromatic N) is 3. The number of halogens is 1. The van der Waals surface area contributed by atoms with Gasteiger partial charge in [-0.25, -0.2) is 0 Å². The molecule has 0 bridgehead atoms. The van der Waals surface area contributed by atoms with Crippen molar-refractivity contribution in [3.05, 3.63) is 24.5 Å². The van der Waals surface area contributed by atoms with E-state index >= 15 is 0 Å². The Morgan fingerprint density at radius 3 is 2.52 bits per heavy atom. The largest absolute Gasteiger partial charge is 0.490 e. The molecule has 0 aliphatic rings. The van der Waals surface area contributed by atoms with Gasteiger partial charge in [-0.1, -0.05) is 0 Å². The fraction of sp³-hybridized carbons (Fsp3) is 0.667. The van der Waals surface area contributed by atoms with Gasteiger partial charge in [0, 0.05) is 31.4 Å². The molecule has 0 aliphatic heterocycles. The second kappa shape index (κ2) is 14.1. The Hall–Kier alpha value is -1.09. The average molecular weight is 463 g/mol. The van der Waals surface area contributed by atoms with E-state index in [9.17, 15) is 0 Å². The molecule has 0 aliphatic carbocycles. The van der Waals surface area contributed by atoms with Crippen molar-refractivity contribution in [2.75, 3.05) is 32.8 Å². The molecule has 1 aromatic rings. The Balaban J connectivity index is 0.00000576. The van der Waals surface area contributed by atoms with Gasteiger partial charge in [0.25, 0.3) is 0 Å². The van der Waals surface area contributed by atoms with E-state index in [-0.39, 0.29) is 24.0 Å². The Morgan fingerprint density at radius 2 is 1.96 bits per heavy atom. The van der Waals surface area contributed by atoms with Crippen LogP contribution in [0.5, 0.6) is 5.75 Å². The molecular formula is C18H34IN5O. The molecule has 0 spiro atoms. The van der Waals surface area contributed by atoms with Gasteiger partial charge in [-0.05, 0) is 46.8 Å². The van der Waals surface area contributed by atoms with Crippen LogP contribution in [0.2, 0.25) is 0 Å². The SMILES string of the molecule is CCNC(=NCCN(C(C)C)C(C)C)NCCOc1cccnc1.I. The first-order chi connectivity index (χ1) is 11.5. The third-order valence-corrected chi connectivity index (χ3v) is 3.60. The number of nitrogens with one attached hydrogen (secondary N) is 2. The highest BCUT2D eigenvalue weighted by molar-refractivity contribution is 14.0. The zero-order valence-corrected chi connectivity index (χ0v) is 18.5. The number of guanidine groups is 1. The number of rotatable bonds is 10. The van der Waals surface area contributed by atoms with Crippen LogP contribution in [0.15, 0.2) is 29.5 Å². The third kappa shape index (κ3) is 10.5. The van der Waals surface area contributed by atoms with Crippen LogP contribution in [0, 0.1) is 0 Å². The quantitative estimate of drug-likeness (QED) is 0.242. The maximum atomic E-state index is 5.62. The predicted molar refractivity (Wildman–Crippen MR) is 116 cm³/mol. The maximum absolute atomic E-state index is 5.62. The molecule has 2 N–H and O–H groups in total. The van der Waals surface area contributed by atoms with Crippen LogP contribution < -0.4 is 15.4 Å². The van der Waals surface area contributed by atoms with Crippen LogP contribution in [0.1, 0.15) is 34.6 Å². The first-order valence-electron chi connectivity index (χ1n) is 8.85. The van der Waals surface area contributed by atoms with Crippen molar-refractivity contribution in [1.82, 2.24) is 20.5 Å². The second-order valence-corrected chi connectivity index (χ2v) is 6.15. The summed E-state index contributed by atoms with van der Waals surface area (Å²) >= 11 is 0. The van der Waals surface area contributed by atoms with Gasteiger partial charge >= 0.3 is 0 Å². The van der Waals surface area contributed by atoms with Gasteiger partial charge in [0.05, 0.1) is 19.3 Å². The fourth-order valence-electron chi connectivity index (χ4n) is 2.50. The molecule has 1 rings (SSSR count). The van der Waals surface area contributed by atoms with Crippen LogP contribution in [0.3, 0.4) is 0 Å². The number of aliphatic imine (C=N–C) groups is 1. The molecule has 144 valence electrons. The number of ether oxygens (including phenoxy) is 1. The van der Waals surface area contributed by atoms with Gasteiger partial charge in [-0.3, -0.25) is 14.9 Å². The van der Waals surface area contributed by atoms with Crippen LogP contribution in [0.25, 0.3) is 0 Å². The smallest absolute Gasteiger partial charge is 0.191 e. The number of hydrogen-bond acceptors (Lipinski definition) is 4. The normalized spacial score (nSPS) is 11.6. The molecule has 0 atom stereocenters. The second-order valence-electron chi connectivity index (χ2n) is 6.15. The molecule has 0 fully saturated rings. The highest BCUT2D eigenvalue weighted by Gasteiger charge is 2.12. The molecule has 0 aromatic carbocycles. The number of hydrogen-bond donors (Lipinski definition) is 2. The Morgan fingerprint density at radius 1 is 1.24 bits per heavy atom. The summed E-state index contributed by atoms with van der Waals surface area (Å²) in [6, 6.07) is 4.83. The van der Waals surface area contributed by atoms with Crippen molar-refractivity contribution in [3.8, 4) is 5.75 Å². The van der Waals surface area contributed by atoms with Crippen LogP contribution in [0.4, 0.5) is 0 Å². The van der Waals surface area contributed by atoms with E-state index in [1.807, 2.05) is 12.1 Å². The Bertz CT molecular complexity index is 460. The van der Waals surface area contributed by atoms with Gasteiger partial charge in [-0.2, -0.15) is 0 Å². The zero-order valence-electron chi connectivity index (χ0n) is 16.2. The topological polar surface area (TPSA) is 61.8 Å². The van der Waals surface area contributed by atoms with Crippen LogP contribution >= 0.6 is 24.0 Å². The first-order valence-corrected chi connectivity index (χ1v) is 8.85. The minimum Gasteiger partial charge on any atom is -0.490 e. The summed E-state index contributed by atoms with van der Waals surface area (Å²) in [7, 11) is 0. The fourth-order valence-corrected chi connectivity index (χ4v) is 2.50. The molecule has 0 saturated carbocycles. The summed E-state index contributed by atoms with van der Waals surface area (Å²) in [4.78, 5) is 11.1. The van der Waals surface area contributed by atoms with Gasteiger partial charge in [0.15, 0.2) is 5.96 Å². The number of pyridine rings is 1. The number of aromatic nitrogens is 1. The zero-order chi connectivity index (χ0) is 17.8. The van der Waals surface area contributed by atoms with Crippen molar-refractivity contribution >= 4 is 29.9 Å². The van der Waals surface area contributed by atoms with E-state index in [0.717, 1.165) is 31.3 Å². The summed E-state index contributed by atoms with van der Waals surface area (Å²) < 4.78 is 5.62. The lowest BCUT2D eigenvalue weighted by atomic mass is 10.2. The monoisotopic (exact) mass is 463 g/mol. The highest BCUT2D eigenvalue weighted by Crippen LogP contribution is 2.05. The lowest BCUT2D eigenvalue weighted by molar-refractivity contribution is 0.181. The highest BCUT2D eigenvalue weighted by atomic mass is 127. The van der Waals surface area contributed by atoms with Gasteiger partial charge in [-0.15, -0.1) is 24.0 Å². The third-order valence-electron chi connectivity index (χ3n) is 3.60. The summed E-state index contributed by atoms with van der Waals surface area (Å²) in [5, 5.41) is 6.56. The lowest BCUT2D eigenvalue weighted by Crippen LogP contribution is -2.41. The van der Waals surface area contributed by atoms with Crippen molar-refractivity contribution in [1.29, 1.82) is 0 Å². The summed E-state index contributed by atoms with van der Waals surface area (Å²) in [6.07, 6.45) is 3.45. The average Bonchev–Trinajstić information content (AvgIpc) is 2.55. The van der Waals surface area contributed by atoms with Crippen LogP contribution in [-0.2, 0) is 0 Å². The molecule has 1 aromatic heterocycles. The first kappa shape index (κ1) is 23.9. The molecule has 7 heteroatoms. The van der Waals surface area contributed by atoms with E-state index in [1.54, 1.807) is 12.4 Å². The summed E-state index contributed by atoms with van der Waals surface area (Å²) in [5.41, 5.74) is 0. The van der Waals surface area contributed by atoms with E-state index in [2.05, 4.69) is 60.1 Å². The molecule has 0 unspecified atom stereocenters. The Labute approximate surface area is 169 Å². The van der Waals surface area contributed by atoms with E-state index in [4.69, 9.17) is 4.74 Å². The molecule has 1 heterocycles. The van der Waals surface area contributed by atoms with Gasteiger partial charge in [0.1, 0.15) is 12.4 Å². The van der Waals surface area contributed by atoms with Gasteiger partial charge in [0.2, 0.25) is 0 Å². The predicted octanol–water partition coefficient (Wildman–Crippen LogP) is 2.75. The summed E-state index contributed by atoms with van der Waals surface area (Å²) in [5.74, 6) is 1.62. The molecule has 0 saturated heterocycles. The van der Waals surface area contributed by atoms with E-state index in [1.165, 1.54) is 0 Å². The van der Waals surface area contributed by atoms with Crippen molar-refractivity contribution in [2.45, 2.75) is 46.7 Å². The van der Waals surface area contributed by atoms with E-state index < -0.39 is 0 Å². The molecule has 0 radical (unpaired) electrons. The molecule has 25 heavy (non-hydrogen) atoms. The van der Waals surface area contributed by atoms with Crippen molar-refractivity contribution < 1.29 is 4.74 Å². The van der Waals surface area contributed by atoms with E-state index in [0.29, 0.717) is 25.2 Å². The van der Waals surface area contributed by atoms with Gasteiger partial charge < -0.3 is 15.4 Å². The standard InChI is InChI=1S/C18H33N5O.HI/c1-6-20-18(21-10-12-23(15(2)3)16(4)5)22-11-13-24-17-8-7-9-19-14-17;/h7-9,14-16H,6,10-13H2,1-5H3,(H2,20,21,22);1H. The molecule has 6 nitrogen and oxygen atoms in total. The molecule has 0 amide bonds. The van der Waals surface area contributed by atoms with Crippen molar-refractivity contribution in [2.24, 2.45) is 4.99 Å². The van der Waals surface area contributed by atoms with Crippen LogP contribution in [-0.4, -0.2) is 60.7 Å².